The van der Waals surface area contributed by atoms with Gasteiger partial charge in [-0.1, -0.05) is 243 Å². The second-order valence-electron chi connectivity index (χ2n) is 18.7. The van der Waals surface area contributed by atoms with Gasteiger partial charge >= 0.3 is 0 Å². The number of rotatable bonds is 8. The molecule has 0 aromatic heterocycles. The van der Waals surface area contributed by atoms with Gasteiger partial charge in [0.1, 0.15) is 0 Å². The summed E-state index contributed by atoms with van der Waals surface area (Å²) in [5.74, 6) is 0. The van der Waals surface area contributed by atoms with Crippen molar-refractivity contribution < 1.29 is 0 Å². The molecule has 1 heteroatoms. The average molecular weight is 888 g/mol. The van der Waals surface area contributed by atoms with Gasteiger partial charge in [0.2, 0.25) is 0 Å². The number of benzene rings is 12. The summed E-state index contributed by atoms with van der Waals surface area (Å²) in [6.45, 7) is 0. The van der Waals surface area contributed by atoms with Crippen LogP contribution in [0.4, 0.5) is 17.1 Å². The summed E-state index contributed by atoms with van der Waals surface area (Å²) in [6, 6.07) is 101. The molecule has 0 fully saturated rings. The van der Waals surface area contributed by atoms with Gasteiger partial charge in [0.05, 0.1) is 11.1 Å². The van der Waals surface area contributed by atoms with Crippen LogP contribution in [0.5, 0.6) is 0 Å². The maximum atomic E-state index is 2.58. The molecule has 0 heterocycles. The van der Waals surface area contributed by atoms with Crippen molar-refractivity contribution in [2.45, 2.75) is 5.41 Å². The molecule has 0 spiro atoms. The molecule has 2 aliphatic carbocycles. The highest BCUT2D eigenvalue weighted by molar-refractivity contribution is 6.29. The summed E-state index contributed by atoms with van der Waals surface area (Å²) in [5, 5.41) is 4.92. The van der Waals surface area contributed by atoms with Gasteiger partial charge in [-0.2, -0.15) is 0 Å². The largest absolute Gasteiger partial charge is 0.309 e. The first-order chi connectivity index (χ1) is 34.8. The smallest absolute Gasteiger partial charge is 0.0714 e. The van der Waals surface area contributed by atoms with E-state index in [1.165, 1.54) is 116 Å². The van der Waals surface area contributed by atoms with E-state index in [0.717, 1.165) is 11.4 Å². The van der Waals surface area contributed by atoms with Gasteiger partial charge in [-0.3, -0.25) is 0 Å². The lowest BCUT2D eigenvalue weighted by Crippen LogP contribution is -2.28. The number of nitrogens with zero attached hydrogens (tertiary/aromatic N) is 1. The molecule has 14 rings (SSSR count). The van der Waals surface area contributed by atoms with Crippen molar-refractivity contribution in [2.24, 2.45) is 0 Å². The van der Waals surface area contributed by atoms with Crippen molar-refractivity contribution in [3.63, 3.8) is 0 Å². The quantitative estimate of drug-likeness (QED) is 0.147. The van der Waals surface area contributed by atoms with E-state index in [0.29, 0.717) is 0 Å². The van der Waals surface area contributed by atoms with Crippen LogP contribution in [-0.2, 0) is 5.41 Å². The average Bonchev–Trinajstić information content (AvgIpc) is 3.74. The molecule has 0 N–H and O–H groups in total. The molecule has 1 nitrogen and oxygen atoms in total. The molecule has 0 bridgehead atoms. The van der Waals surface area contributed by atoms with E-state index in [-0.39, 0.29) is 0 Å². The molecule has 326 valence electrons. The van der Waals surface area contributed by atoms with Gasteiger partial charge in [0.25, 0.3) is 0 Å². The second kappa shape index (κ2) is 16.0. The molecular formula is C69H45N. The van der Waals surface area contributed by atoms with Crippen molar-refractivity contribution in [3.05, 3.63) is 295 Å². The Kier molecular flexibility index (Phi) is 9.19. The Balaban J connectivity index is 1.11. The Morgan fingerprint density at radius 3 is 1.33 bits per heavy atom. The molecule has 0 amide bonds. The van der Waals surface area contributed by atoms with Crippen LogP contribution in [0, 0.1) is 0 Å². The summed E-state index contributed by atoms with van der Waals surface area (Å²) < 4.78 is 0. The molecule has 0 saturated heterocycles. The first-order valence-corrected chi connectivity index (χ1v) is 24.3. The van der Waals surface area contributed by atoms with E-state index in [9.17, 15) is 0 Å². The summed E-state index contributed by atoms with van der Waals surface area (Å²) in [7, 11) is 0. The highest BCUT2D eigenvalue weighted by Gasteiger charge is 2.46. The third-order valence-electron chi connectivity index (χ3n) is 15.0. The van der Waals surface area contributed by atoms with Gasteiger partial charge in [-0.25, -0.2) is 0 Å². The molecule has 70 heavy (non-hydrogen) atoms. The Bertz CT molecular complexity index is 3910. The van der Waals surface area contributed by atoms with Crippen LogP contribution < -0.4 is 4.90 Å². The highest BCUT2D eigenvalue weighted by Crippen LogP contribution is 2.65. The minimum Gasteiger partial charge on any atom is -0.309 e. The highest BCUT2D eigenvalue weighted by atomic mass is 15.1. The molecule has 0 atom stereocenters. The number of hydrogen-bond donors (Lipinski definition) is 0. The molecule has 0 aliphatic heterocycles. The lowest BCUT2D eigenvalue weighted by atomic mass is 9.67. The topological polar surface area (TPSA) is 3.24 Å². The van der Waals surface area contributed by atoms with Crippen molar-refractivity contribution in [1.29, 1.82) is 0 Å². The Labute approximate surface area is 408 Å². The summed E-state index contributed by atoms with van der Waals surface area (Å²) in [5.41, 5.74) is 22.9. The summed E-state index contributed by atoms with van der Waals surface area (Å²) in [6.07, 6.45) is 0. The predicted molar refractivity (Wildman–Crippen MR) is 294 cm³/mol. The van der Waals surface area contributed by atoms with E-state index in [4.69, 9.17) is 0 Å². The minimum absolute atomic E-state index is 0.562. The summed E-state index contributed by atoms with van der Waals surface area (Å²) in [4.78, 5) is 2.58. The van der Waals surface area contributed by atoms with Crippen LogP contribution in [0.2, 0.25) is 0 Å². The molecule has 12 aromatic carbocycles. The van der Waals surface area contributed by atoms with Crippen LogP contribution in [-0.4, -0.2) is 0 Å². The zero-order valence-corrected chi connectivity index (χ0v) is 38.4. The maximum absolute atomic E-state index is 2.58. The summed E-state index contributed by atoms with van der Waals surface area (Å²) >= 11 is 0. The minimum atomic E-state index is -0.562. The van der Waals surface area contributed by atoms with E-state index >= 15 is 0 Å². The van der Waals surface area contributed by atoms with Crippen LogP contribution in [0.3, 0.4) is 0 Å². The van der Waals surface area contributed by atoms with Crippen molar-refractivity contribution in [3.8, 4) is 66.8 Å². The van der Waals surface area contributed by atoms with E-state index in [2.05, 4.69) is 278 Å². The monoisotopic (exact) mass is 887 g/mol. The lowest BCUT2D eigenvalue weighted by Gasteiger charge is -2.39. The van der Waals surface area contributed by atoms with Gasteiger partial charge in [0, 0.05) is 27.9 Å². The molecule has 0 radical (unpaired) electrons. The van der Waals surface area contributed by atoms with Gasteiger partial charge in [0.15, 0.2) is 0 Å². The number of hydrogen-bond acceptors (Lipinski definition) is 1. The van der Waals surface area contributed by atoms with Gasteiger partial charge < -0.3 is 4.90 Å². The second-order valence-corrected chi connectivity index (χ2v) is 18.7. The first kappa shape index (κ1) is 40.1. The van der Waals surface area contributed by atoms with Crippen LogP contribution in [0.15, 0.2) is 273 Å². The molecular weight excluding hydrogens is 843 g/mol. The Morgan fingerprint density at radius 1 is 0.257 bits per heavy atom. The van der Waals surface area contributed by atoms with Crippen LogP contribution in [0.25, 0.3) is 88.3 Å². The predicted octanol–water partition coefficient (Wildman–Crippen LogP) is 18.5. The molecule has 2 aliphatic rings. The fraction of sp³-hybridized carbons (Fsp3) is 0.0145. The Hall–Kier alpha value is -9.04. The van der Waals surface area contributed by atoms with Crippen LogP contribution >= 0.6 is 0 Å². The maximum Gasteiger partial charge on any atom is 0.0714 e. The standard InChI is InChI=1S/C69H45N/c1-6-22-46(23-7-1)47-38-40-53(41-39-47)70(54-42-43-57-56-34-20-21-37-61(56)69(62(57)45-54,51-29-12-4-13-30-51)52-31-14-5-15-32-52)68-55-33-17-16-28-50(55)44-60-65-63(48-24-8-2-9-25-48)58-35-18-19-36-59(58)64(67(65)66(60)68)49-26-10-3-11-27-49/h1-45H. The third kappa shape index (κ3) is 5.92. The van der Waals surface area contributed by atoms with E-state index in [1.807, 2.05) is 0 Å². The molecule has 0 saturated carbocycles. The zero-order chi connectivity index (χ0) is 46.2. The van der Waals surface area contributed by atoms with E-state index in [1.54, 1.807) is 0 Å². The lowest BCUT2D eigenvalue weighted by molar-refractivity contribution is 0.768. The molecule has 0 unspecified atom stereocenters. The van der Waals surface area contributed by atoms with Gasteiger partial charge in [-0.05, 0) is 124 Å². The number of fused-ring (bicyclic) bond motifs is 9. The number of anilines is 3. The SMILES string of the molecule is c1ccc(-c2ccc(N(c3ccc4c(c3)C(c3ccccc3)(c3ccccc3)c3ccccc3-4)c3c4c(cc5ccccc35)-c3c-4c(-c4ccccc4)c4ccccc4c3-c3ccccc3)cc2)cc1. The first-order valence-electron chi connectivity index (χ1n) is 24.3. The van der Waals surface area contributed by atoms with Crippen molar-refractivity contribution in [1.82, 2.24) is 0 Å². The third-order valence-corrected chi connectivity index (χ3v) is 15.0. The van der Waals surface area contributed by atoms with E-state index < -0.39 is 5.41 Å². The van der Waals surface area contributed by atoms with Crippen molar-refractivity contribution in [2.75, 3.05) is 4.90 Å². The Morgan fingerprint density at radius 2 is 0.714 bits per heavy atom. The fourth-order valence-electron chi connectivity index (χ4n) is 12.1. The molecule has 12 aromatic rings. The fourth-order valence-corrected chi connectivity index (χ4v) is 12.1. The van der Waals surface area contributed by atoms with Gasteiger partial charge in [-0.15, -0.1) is 0 Å². The zero-order valence-electron chi connectivity index (χ0n) is 38.4. The van der Waals surface area contributed by atoms with Crippen molar-refractivity contribution >= 4 is 38.6 Å². The van der Waals surface area contributed by atoms with Crippen LogP contribution in [0.1, 0.15) is 22.3 Å². The normalized spacial score (nSPS) is 12.7.